The van der Waals surface area contributed by atoms with E-state index in [-0.39, 0.29) is 0 Å². The lowest BCUT2D eigenvalue weighted by atomic mass is 9.89. The highest BCUT2D eigenvalue weighted by Gasteiger charge is 2.21. The molecule has 1 unspecified atom stereocenters. The van der Waals surface area contributed by atoms with Gasteiger partial charge >= 0.3 is 0 Å². The van der Waals surface area contributed by atoms with Crippen LogP contribution in [0.1, 0.15) is 30.1 Å². The maximum Gasteiger partial charge on any atom is 0.129 e. The lowest BCUT2D eigenvalue weighted by molar-refractivity contribution is 0.155. The first-order valence-electron chi connectivity index (χ1n) is 4.34. The van der Waals surface area contributed by atoms with Crippen LogP contribution in [0.25, 0.3) is 0 Å². The number of rotatable bonds is 0. The van der Waals surface area contributed by atoms with Crippen molar-refractivity contribution in [1.82, 2.24) is 0 Å². The van der Waals surface area contributed by atoms with Crippen molar-refractivity contribution in [1.29, 1.82) is 0 Å². The second-order valence-corrected chi connectivity index (χ2v) is 3.36. The van der Waals surface area contributed by atoms with Crippen molar-refractivity contribution < 1.29 is 13.9 Å². The SMILES string of the molecule is OC1CCCc2c(F)cc(F)cc21. The average molecular weight is 184 g/mol. The number of fused-ring (bicyclic) bond motifs is 1. The minimum Gasteiger partial charge on any atom is -0.388 e. The van der Waals surface area contributed by atoms with Gasteiger partial charge in [0, 0.05) is 6.07 Å². The number of hydrogen-bond donors (Lipinski definition) is 1. The monoisotopic (exact) mass is 184 g/mol. The Labute approximate surface area is 75.0 Å². The Kier molecular flexibility index (Phi) is 2.04. The summed E-state index contributed by atoms with van der Waals surface area (Å²) >= 11 is 0. The van der Waals surface area contributed by atoms with Crippen LogP contribution in [0.15, 0.2) is 12.1 Å². The first kappa shape index (κ1) is 8.63. The van der Waals surface area contributed by atoms with Crippen LogP contribution in [-0.4, -0.2) is 5.11 Å². The van der Waals surface area contributed by atoms with Gasteiger partial charge in [-0.25, -0.2) is 8.78 Å². The predicted molar refractivity (Wildman–Crippen MR) is 44.3 cm³/mol. The van der Waals surface area contributed by atoms with Crippen LogP contribution in [0.2, 0.25) is 0 Å². The Morgan fingerprint density at radius 3 is 2.85 bits per heavy atom. The summed E-state index contributed by atoms with van der Waals surface area (Å²) in [7, 11) is 0. The largest absolute Gasteiger partial charge is 0.388 e. The zero-order chi connectivity index (χ0) is 9.42. The molecule has 13 heavy (non-hydrogen) atoms. The summed E-state index contributed by atoms with van der Waals surface area (Å²) in [5.74, 6) is -1.15. The van der Waals surface area contributed by atoms with Gasteiger partial charge in [-0.1, -0.05) is 0 Å². The van der Waals surface area contributed by atoms with Crippen molar-refractivity contribution in [3.05, 3.63) is 34.9 Å². The highest BCUT2D eigenvalue weighted by atomic mass is 19.1. The summed E-state index contributed by atoms with van der Waals surface area (Å²) in [6, 6.07) is 2.10. The van der Waals surface area contributed by atoms with Crippen molar-refractivity contribution >= 4 is 0 Å². The minimum absolute atomic E-state index is 0.420. The standard InChI is InChI=1S/C10H10F2O/c11-6-4-8-7(9(12)5-6)2-1-3-10(8)13/h4-5,10,13H,1-3H2. The molecule has 1 atom stereocenters. The van der Waals surface area contributed by atoms with Gasteiger partial charge in [-0.05, 0) is 36.5 Å². The van der Waals surface area contributed by atoms with Crippen molar-refractivity contribution in [3.8, 4) is 0 Å². The second kappa shape index (κ2) is 3.07. The zero-order valence-corrected chi connectivity index (χ0v) is 7.06. The number of halogens is 2. The maximum absolute atomic E-state index is 13.2. The minimum atomic E-state index is -0.700. The van der Waals surface area contributed by atoms with E-state index in [9.17, 15) is 13.9 Å². The fourth-order valence-corrected chi connectivity index (χ4v) is 1.81. The molecule has 0 radical (unpaired) electrons. The third kappa shape index (κ3) is 1.44. The van der Waals surface area contributed by atoms with Crippen molar-refractivity contribution in [2.75, 3.05) is 0 Å². The molecular formula is C10H10F2O. The van der Waals surface area contributed by atoms with Crippen LogP contribution in [0.5, 0.6) is 0 Å². The van der Waals surface area contributed by atoms with E-state index >= 15 is 0 Å². The Morgan fingerprint density at radius 1 is 1.31 bits per heavy atom. The molecule has 0 spiro atoms. The quantitative estimate of drug-likeness (QED) is 0.656. The van der Waals surface area contributed by atoms with E-state index in [1.54, 1.807) is 0 Å². The molecular weight excluding hydrogens is 174 g/mol. The van der Waals surface area contributed by atoms with Gasteiger partial charge in [-0.3, -0.25) is 0 Å². The molecule has 0 aliphatic heterocycles. The third-order valence-electron chi connectivity index (χ3n) is 2.46. The molecule has 0 bridgehead atoms. The van der Waals surface area contributed by atoms with Gasteiger partial charge in [0.25, 0.3) is 0 Å². The molecule has 70 valence electrons. The van der Waals surface area contributed by atoms with Gasteiger partial charge in [0.15, 0.2) is 0 Å². The van der Waals surface area contributed by atoms with Crippen LogP contribution >= 0.6 is 0 Å². The van der Waals surface area contributed by atoms with Crippen LogP contribution < -0.4 is 0 Å². The highest BCUT2D eigenvalue weighted by Crippen LogP contribution is 2.31. The zero-order valence-electron chi connectivity index (χ0n) is 7.06. The summed E-state index contributed by atoms with van der Waals surface area (Å²) in [5.41, 5.74) is 0.893. The van der Waals surface area contributed by atoms with E-state index in [1.807, 2.05) is 0 Å². The topological polar surface area (TPSA) is 20.2 Å². The van der Waals surface area contributed by atoms with Crippen molar-refractivity contribution in [2.45, 2.75) is 25.4 Å². The first-order chi connectivity index (χ1) is 6.18. The molecule has 0 fully saturated rings. The highest BCUT2D eigenvalue weighted by molar-refractivity contribution is 5.33. The molecule has 1 aromatic rings. The van der Waals surface area contributed by atoms with E-state index in [4.69, 9.17) is 0 Å². The van der Waals surface area contributed by atoms with E-state index in [1.165, 1.54) is 6.07 Å². The smallest absolute Gasteiger partial charge is 0.129 e. The number of aliphatic hydroxyl groups excluding tert-OH is 1. The van der Waals surface area contributed by atoms with Crippen LogP contribution in [0.3, 0.4) is 0 Å². The summed E-state index contributed by atoms with van der Waals surface area (Å²) in [4.78, 5) is 0. The van der Waals surface area contributed by atoms with Crippen LogP contribution in [0, 0.1) is 11.6 Å². The molecule has 0 amide bonds. The van der Waals surface area contributed by atoms with Gasteiger partial charge in [0.1, 0.15) is 11.6 Å². The molecule has 1 aromatic carbocycles. The molecule has 0 saturated carbocycles. The van der Waals surface area contributed by atoms with E-state index in [0.29, 0.717) is 24.0 Å². The van der Waals surface area contributed by atoms with Gasteiger partial charge in [-0.15, -0.1) is 0 Å². The molecule has 3 heteroatoms. The molecule has 2 rings (SSSR count). The van der Waals surface area contributed by atoms with E-state index in [0.717, 1.165) is 12.5 Å². The maximum atomic E-state index is 13.2. The predicted octanol–water partition coefficient (Wildman–Crippen LogP) is 2.33. The van der Waals surface area contributed by atoms with Gasteiger partial charge in [-0.2, -0.15) is 0 Å². The Hall–Kier alpha value is -0.960. The second-order valence-electron chi connectivity index (χ2n) is 3.36. The summed E-state index contributed by atoms with van der Waals surface area (Å²) < 4.78 is 25.9. The Morgan fingerprint density at radius 2 is 2.08 bits per heavy atom. The van der Waals surface area contributed by atoms with Gasteiger partial charge < -0.3 is 5.11 Å². The average Bonchev–Trinajstić information content (AvgIpc) is 2.07. The summed E-state index contributed by atoms with van der Waals surface area (Å²) in [6.45, 7) is 0. The fourth-order valence-electron chi connectivity index (χ4n) is 1.81. The van der Waals surface area contributed by atoms with Crippen molar-refractivity contribution in [3.63, 3.8) is 0 Å². The molecule has 1 aliphatic carbocycles. The normalized spacial score (nSPS) is 21.3. The van der Waals surface area contributed by atoms with E-state index in [2.05, 4.69) is 0 Å². The lowest BCUT2D eigenvalue weighted by Crippen LogP contribution is -2.11. The van der Waals surface area contributed by atoms with Crippen LogP contribution in [0.4, 0.5) is 8.78 Å². The Bertz CT molecular complexity index is 336. The molecule has 1 N–H and O–H groups in total. The fraction of sp³-hybridized carbons (Fsp3) is 0.400. The van der Waals surface area contributed by atoms with Crippen LogP contribution in [-0.2, 0) is 6.42 Å². The molecule has 1 aliphatic rings. The number of aliphatic hydroxyl groups is 1. The molecule has 1 nitrogen and oxygen atoms in total. The van der Waals surface area contributed by atoms with Crippen molar-refractivity contribution in [2.24, 2.45) is 0 Å². The molecule has 0 saturated heterocycles. The number of hydrogen-bond acceptors (Lipinski definition) is 1. The summed E-state index contributed by atoms with van der Waals surface area (Å²) in [6.07, 6.45) is 1.25. The summed E-state index contributed by atoms with van der Waals surface area (Å²) in [5, 5.41) is 9.48. The van der Waals surface area contributed by atoms with E-state index < -0.39 is 17.7 Å². The first-order valence-corrected chi connectivity index (χ1v) is 4.34. The molecule has 0 aromatic heterocycles. The molecule has 0 heterocycles. The van der Waals surface area contributed by atoms with Gasteiger partial charge in [0.05, 0.1) is 6.10 Å². The number of benzene rings is 1. The Balaban J connectivity index is 2.56. The van der Waals surface area contributed by atoms with Gasteiger partial charge in [0.2, 0.25) is 0 Å². The lowest BCUT2D eigenvalue weighted by Gasteiger charge is -2.21. The third-order valence-corrected chi connectivity index (χ3v) is 2.46.